The molecule has 0 aliphatic carbocycles. The normalized spacial score (nSPS) is 19.4. The van der Waals surface area contributed by atoms with E-state index in [9.17, 15) is 17.6 Å². The van der Waals surface area contributed by atoms with E-state index in [1.165, 1.54) is 50.9 Å². The van der Waals surface area contributed by atoms with Gasteiger partial charge in [-0.15, -0.1) is 0 Å². The predicted molar refractivity (Wildman–Crippen MR) is 125 cm³/mol. The molecule has 2 saturated heterocycles. The Labute approximate surface area is 195 Å². The number of sulfonamides is 1. The molecule has 0 saturated carbocycles. The molecule has 0 radical (unpaired) electrons. The van der Waals surface area contributed by atoms with Crippen molar-refractivity contribution in [3.05, 3.63) is 53.8 Å². The van der Waals surface area contributed by atoms with E-state index >= 15 is 0 Å². The Balaban J connectivity index is 1.45. The number of fused-ring (bicyclic) bond motifs is 1. The molecule has 2 aromatic carbocycles. The Kier molecular flexibility index (Phi) is 6.17. The van der Waals surface area contributed by atoms with Crippen molar-refractivity contribution in [3.63, 3.8) is 0 Å². The summed E-state index contributed by atoms with van der Waals surface area (Å²) in [4.78, 5) is 19.6. The number of aromatic nitrogens is 1. The lowest BCUT2D eigenvalue weighted by Gasteiger charge is -2.23. The van der Waals surface area contributed by atoms with E-state index in [2.05, 4.69) is 4.98 Å². The SMILES string of the molecule is O=C(c1ccc(S(=O)(=O)N2CCCC2)cc1)N(CC1CCCO1)c1nc2c(F)cccc2s1. The van der Waals surface area contributed by atoms with E-state index in [1.807, 2.05) is 0 Å². The number of ether oxygens (including phenoxy) is 1. The summed E-state index contributed by atoms with van der Waals surface area (Å²) in [7, 11) is -3.56. The van der Waals surface area contributed by atoms with Gasteiger partial charge in [0.1, 0.15) is 11.3 Å². The number of para-hydroxylation sites is 1. The molecule has 0 spiro atoms. The number of hydrogen-bond donors (Lipinski definition) is 0. The van der Waals surface area contributed by atoms with Gasteiger partial charge in [-0.25, -0.2) is 17.8 Å². The summed E-state index contributed by atoms with van der Waals surface area (Å²) in [6, 6.07) is 10.7. The summed E-state index contributed by atoms with van der Waals surface area (Å²) in [5.74, 6) is -0.758. The molecular formula is C23H24FN3O4S2. The Bertz CT molecular complexity index is 1260. The standard InChI is InChI=1S/C23H24FN3O4S2/c24-19-6-3-7-20-21(19)25-23(32-20)27(15-17-5-4-14-31-17)22(28)16-8-10-18(11-9-16)33(29,30)26-12-1-2-13-26/h3,6-11,17H,1-2,4-5,12-15H2. The third-order valence-corrected chi connectivity index (χ3v) is 9.01. The summed E-state index contributed by atoms with van der Waals surface area (Å²) < 4.78 is 47.7. The van der Waals surface area contributed by atoms with Crippen LogP contribution in [0.3, 0.4) is 0 Å². The number of halogens is 1. The van der Waals surface area contributed by atoms with E-state index in [0.717, 1.165) is 25.7 Å². The molecule has 1 atom stereocenters. The zero-order chi connectivity index (χ0) is 23.0. The summed E-state index contributed by atoms with van der Waals surface area (Å²) in [6.07, 6.45) is 3.34. The first kappa shape index (κ1) is 22.4. The van der Waals surface area contributed by atoms with Crippen LogP contribution in [0.15, 0.2) is 47.4 Å². The lowest BCUT2D eigenvalue weighted by atomic mass is 10.2. The van der Waals surface area contributed by atoms with Crippen LogP contribution in [-0.2, 0) is 14.8 Å². The van der Waals surface area contributed by atoms with Crippen LogP contribution in [-0.4, -0.2) is 56.0 Å². The van der Waals surface area contributed by atoms with Crippen molar-refractivity contribution in [1.29, 1.82) is 0 Å². The molecule has 5 rings (SSSR count). The molecule has 2 aliphatic rings. The summed E-state index contributed by atoms with van der Waals surface area (Å²) >= 11 is 1.25. The second kappa shape index (κ2) is 9.09. The van der Waals surface area contributed by atoms with Gasteiger partial charge in [-0.1, -0.05) is 17.4 Å². The number of anilines is 1. The molecule has 1 amide bonds. The highest BCUT2D eigenvalue weighted by atomic mass is 32.2. The highest BCUT2D eigenvalue weighted by Crippen LogP contribution is 2.32. The molecule has 2 aliphatic heterocycles. The lowest BCUT2D eigenvalue weighted by Crippen LogP contribution is -2.37. The van der Waals surface area contributed by atoms with Gasteiger partial charge in [0.05, 0.1) is 22.2 Å². The van der Waals surface area contributed by atoms with Gasteiger partial charge in [0.25, 0.3) is 5.91 Å². The summed E-state index contributed by atoms with van der Waals surface area (Å²) in [5.41, 5.74) is 0.572. The Morgan fingerprint density at radius 3 is 2.58 bits per heavy atom. The maximum Gasteiger partial charge on any atom is 0.260 e. The van der Waals surface area contributed by atoms with Gasteiger partial charge >= 0.3 is 0 Å². The van der Waals surface area contributed by atoms with Crippen molar-refractivity contribution in [3.8, 4) is 0 Å². The number of carbonyl (C=O) groups excluding carboxylic acids is 1. The second-order valence-electron chi connectivity index (χ2n) is 8.27. The van der Waals surface area contributed by atoms with E-state index in [4.69, 9.17) is 4.74 Å². The fraction of sp³-hybridized carbons (Fsp3) is 0.391. The number of carbonyl (C=O) groups is 1. The van der Waals surface area contributed by atoms with Crippen LogP contribution in [0.4, 0.5) is 9.52 Å². The fourth-order valence-electron chi connectivity index (χ4n) is 4.26. The number of nitrogens with zero attached hydrogens (tertiary/aromatic N) is 3. The van der Waals surface area contributed by atoms with Gasteiger partial charge < -0.3 is 4.74 Å². The first-order valence-electron chi connectivity index (χ1n) is 11.0. The van der Waals surface area contributed by atoms with Crippen molar-refractivity contribution >= 4 is 42.6 Å². The summed E-state index contributed by atoms with van der Waals surface area (Å²) in [6.45, 7) is 1.98. The zero-order valence-corrected chi connectivity index (χ0v) is 19.6. The minimum absolute atomic E-state index is 0.124. The molecule has 174 valence electrons. The van der Waals surface area contributed by atoms with E-state index < -0.39 is 15.8 Å². The van der Waals surface area contributed by atoms with Crippen LogP contribution in [0, 0.1) is 5.82 Å². The van der Waals surface area contributed by atoms with E-state index in [1.54, 1.807) is 12.1 Å². The molecular weight excluding hydrogens is 465 g/mol. The van der Waals surface area contributed by atoms with Gasteiger partial charge in [-0.2, -0.15) is 4.31 Å². The molecule has 10 heteroatoms. The van der Waals surface area contributed by atoms with Crippen molar-refractivity contribution in [1.82, 2.24) is 9.29 Å². The molecule has 1 aromatic heterocycles. The van der Waals surface area contributed by atoms with E-state index in [-0.39, 0.29) is 22.4 Å². The third kappa shape index (κ3) is 4.40. The Morgan fingerprint density at radius 2 is 1.91 bits per heavy atom. The largest absolute Gasteiger partial charge is 0.376 e. The highest BCUT2D eigenvalue weighted by molar-refractivity contribution is 7.89. The minimum atomic E-state index is -3.56. The van der Waals surface area contributed by atoms with Gasteiger partial charge in [0.15, 0.2) is 5.13 Å². The molecule has 1 unspecified atom stereocenters. The van der Waals surface area contributed by atoms with Crippen molar-refractivity contribution in [2.45, 2.75) is 36.7 Å². The van der Waals surface area contributed by atoms with E-state index in [0.29, 0.717) is 41.6 Å². The van der Waals surface area contributed by atoms with Crippen LogP contribution in [0.25, 0.3) is 10.2 Å². The second-order valence-corrected chi connectivity index (χ2v) is 11.2. The molecule has 33 heavy (non-hydrogen) atoms. The number of rotatable bonds is 6. The van der Waals surface area contributed by atoms with Crippen LogP contribution in [0.1, 0.15) is 36.0 Å². The quantitative estimate of drug-likeness (QED) is 0.522. The van der Waals surface area contributed by atoms with Gasteiger partial charge in [-0.05, 0) is 62.1 Å². The first-order valence-corrected chi connectivity index (χ1v) is 13.3. The Morgan fingerprint density at radius 1 is 1.15 bits per heavy atom. The molecule has 2 fully saturated rings. The smallest absolute Gasteiger partial charge is 0.260 e. The maximum absolute atomic E-state index is 14.2. The average molecular weight is 490 g/mol. The third-order valence-electron chi connectivity index (χ3n) is 6.05. The first-order chi connectivity index (χ1) is 15.9. The molecule has 3 aromatic rings. The predicted octanol–water partition coefficient (Wildman–Crippen LogP) is 4.05. The monoisotopic (exact) mass is 489 g/mol. The van der Waals surface area contributed by atoms with Crippen LogP contribution < -0.4 is 4.90 Å². The van der Waals surface area contributed by atoms with Crippen LogP contribution in [0.2, 0.25) is 0 Å². The molecule has 7 nitrogen and oxygen atoms in total. The zero-order valence-electron chi connectivity index (χ0n) is 17.9. The van der Waals surface area contributed by atoms with Gasteiger partial charge in [0, 0.05) is 25.3 Å². The number of amides is 1. The summed E-state index contributed by atoms with van der Waals surface area (Å²) in [5, 5.41) is 0.393. The van der Waals surface area contributed by atoms with Crippen molar-refractivity contribution in [2.24, 2.45) is 0 Å². The van der Waals surface area contributed by atoms with Gasteiger partial charge in [0.2, 0.25) is 10.0 Å². The number of thiazole rings is 1. The topological polar surface area (TPSA) is 79.8 Å². The van der Waals surface area contributed by atoms with Crippen LogP contribution >= 0.6 is 11.3 Å². The van der Waals surface area contributed by atoms with Gasteiger partial charge in [-0.3, -0.25) is 9.69 Å². The number of hydrogen-bond acceptors (Lipinski definition) is 6. The lowest BCUT2D eigenvalue weighted by molar-refractivity contribution is 0.0917. The Hall–Kier alpha value is -2.40. The minimum Gasteiger partial charge on any atom is -0.376 e. The maximum atomic E-state index is 14.2. The highest BCUT2D eigenvalue weighted by Gasteiger charge is 2.29. The molecule has 0 bridgehead atoms. The number of benzene rings is 2. The molecule has 3 heterocycles. The van der Waals surface area contributed by atoms with Crippen molar-refractivity contribution < 1.29 is 22.3 Å². The van der Waals surface area contributed by atoms with Crippen molar-refractivity contribution in [2.75, 3.05) is 31.1 Å². The molecule has 0 N–H and O–H groups in total. The average Bonchev–Trinajstić information content (AvgIpc) is 3.59. The van der Waals surface area contributed by atoms with Crippen LogP contribution in [0.5, 0.6) is 0 Å². The fourth-order valence-corrected chi connectivity index (χ4v) is 6.77.